The second-order valence-electron chi connectivity index (χ2n) is 5.49. The molecule has 0 aromatic heterocycles. The van der Waals surface area contributed by atoms with E-state index in [9.17, 15) is 0 Å². The van der Waals surface area contributed by atoms with Gasteiger partial charge < -0.3 is 15.0 Å². The van der Waals surface area contributed by atoms with E-state index >= 15 is 0 Å². The zero-order valence-corrected chi connectivity index (χ0v) is 13.1. The Kier molecular flexibility index (Phi) is 6.94. The average Bonchev–Trinajstić information content (AvgIpc) is 2.33. The SMILES string of the molecule is CCOCCCNC(=S)N1CC(C)CC(C)C1C. The van der Waals surface area contributed by atoms with Gasteiger partial charge in [0.2, 0.25) is 0 Å². The normalized spacial score (nSPS) is 28.2. The lowest BCUT2D eigenvalue weighted by Gasteiger charge is -2.42. The lowest BCUT2D eigenvalue weighted by Crippen LogP contribution is -2.52. The molecule has 1 saturated heterocycles. The minimum atomic E-state index is 0.549. The lowest BCUT2D eigenvalue weighted by atomic mass is 9.86. The first kappa shape index (κ1) is 15.7. The summed E-state index contributed by atoms with van der Waals surface area (Å²) in [6.45, 7) is 12.5. The van der Waals surface area contributed by atoms with Crippen LogP contribution in [0.15, 0.2) is 0 Å². The molecule has 0 spiro atoms. The summed E-state index contributed by atoms with van der Waals surface area (Å²) in [6, 6.07) is 0.549. The summed E-state index contributed by atoms with van der Waals surface area (Å²) in [6.07, 6.45) is 2.33. The molecule has 0 aromatic rings. The molecule has 3 unspecified atom stereocenters. The Balaban J connectivity index is 2.31. The summed E-state index contributed by atoms with van der Waals surface area (Å²) < 4.78 is 5.32. The van der Waals surface area contributed by atoms with Crippen molar-refractivity contribution in [1.29, 1.82) is 0 Å². The van der Waals surface area contributed by atoms with Crippen molar-refractivity contribution in [1.82, 2.24) is 10.2 Å². The number of thiocarbonyl (C=S) groups is 1. The van der Waals surface area contributed by atoms with E-state index in [1.54, 1.807) is 0 Å². The molecular formula is C14H28N2OS. The second-order valence-corrected chi connectivity index (χ2v) is 5.88. The molecule has 3 nitrogen and oxygen atoms in total. The van der Waals surface area contributed by atoms with E-state index in [0.29, 0.717) is 6.04 Å². The molecule has 1 aliphatic heterocycles. The predicted molar refractivity (Wildman–Crippen MR) is 80.8 cm³/mol. The molecule has 1 N–H and O–H groups in total. The number of nitrogens with one attached hydrogen (secondary N) is 1. The number of hydrogen-bond acceptors (Lipinski definition) is 2. The van der Waals surface area contributed by atoms with Crippen molar-refractivity contribution in [3.05, 3.63) is 0 Å². The molecular weight excluding hydrogens is 244 g/mol. The molecule has 0 radical (unpaired) electrons. The lowest BCUT2D eigenvalue weighted by molar-refractivity contribution is 0.140. The van der Waals surface area contributed by atoms with Crippen LogP contribution in [-0.4, -0.2) is 42.4 Å². The van der Waals surface area contributed by atoms with Gasteiger partial charge >= 0.3 is 0 Å². The number of hydrogen-bond donors (Lipinski definition) is 1. The van der Waals surface area contributed by atoms with Crippen LogP contribution < -0.4 is 5.32 Å². The second kappa shape index (κ2) is 7.95. The van der Waals surface area contributed by atoms with Crippen LogP contribution in [0.2, 0.25) is 0 Å². The third-order valence-electron chi connectivity index (χ3n) is 3.80. The highest BCUT2D eigenvalue weighted by Crippen LogP contribution is 2.26. The highest BCUT2D eigenvalue weighted by atomic mass is 32.1. The van der Waals surface area contributed by atoms with Crippen molar-refractivity contribution in [2.75, 3.05) is 26.3 Å². The zero-order chi connectivity index (χ0) is 13.5. The van der Waals surface area contributed by atoms with Crippen LogP contribution in [-0.2, 0) is 4.74 Å². The van der Waals surface area contributed by atoms with Crippen LogP contribution >= 0.6 is 12.2 Å². The monoisotopic (exact) mass is 272 g/mol. The Morgan fingerprint density at radius 1 is 1.39 bits per heavy atom. The smallest absolute Gasteiger partial charge is 0.169 e. The van der Waals surface area contributed by atoms with Crippen LogP contribution in [0.1, 0.15) is 40.5 Å². The molecule has 1 aliphatic rings. The third kappa shape index (κ3) is 4.73. The van der Waals surface area contributed by atoms with Gasteiger partial charge in [0.25, 0.3) is 0 Å². The highest BCUT2D eigenvalue weighted by Gasteiger charge is 2.29. The number of likely N-dealkylation sites (tertiary alicyclic amines) is 1. The van der Waals surface area contributed by atoms with Gasteiger partial charge in [-0.1, -0.05) is 13.8 Å². The number of nitrogens with zero attached hydrogens (tertiary/aromatic N) is 1. The predicted octanol–water partition coefficient (Wildman–Crippen LogP) is 2.65. The molecule has 0 saturated carbocycles. The Bertz CT molecular complexity index is 260. The number of ether oxygens (including phenoxy) is 1. The molecule has 18 heavy (non-hydrogen) atoms. The summed E-state index contributed by atoms with van der Waals surface area (Å²) in [4.78, 5) is 2.36. The van der Waals surface area contributed by atoms with E-state index in [0.717, 1.165) is 49.7 Å². The van der Waals surface area contributed by atoms with Gasteiger partial charge in [0, 0.05) is 32.3 Å². The topological polar surface area (TPSA) is 24.5 Å². The molecule has 106 valence electrons. The summed E-state index contributed by atoms with van der Waals surface area (Å²) in [7, 11) is 0. The van der Waals surface area contributed by atoms with Crippen molar-refractivity contribution >= 4 is 17.3 Å². The largest absolute Gasteiger partial charge is 0.382 e. The molecule has 0 bridgehead atoms. The quantitative estimate of drug-likeness (QED) is 0.614. The van der Waals surface area contributed by atoms with Gasteiger partial charge in [0.15, 0.2) is 5.11 Å². The van der Waals surface area contributed by atoms with Gasteiger partial charge in [0.05, 0.1) is 0 Å². The van der Waals surface area contributed by atoms with E-state index in [-0.39, 0.29) is 0 Å². The Morgan fingerprint density at radius 3 is 2.78 bits per heavy atom. The van der Waals surface area contributed by atoms with Gasteiger partial charge in [0.1, 0.15) is 0 Å². The molecule has 0 aliphatic carbocycles. The van der Waals surface area contributed by atoms with Crippen LogP contribution in [0.4, 0.5) is 0 Å². The van der Waals surface area contributed by atoms with Gasteiger partial charge in [-0.3, -0.25) is 0 Å². The molecule has 0 amide bonds. The summed E-state index contributed by atoms with van der Waals surface area (Å²) in [5.74, 6) is 1.45. The van der Waals surface area contributed by atoms with Crippen molar-refractivity contribution in [2.24, 2.45) is 11.8 Å². The van der Waals surface area contributed by atoms with Crippen molar-refractivity contribution in [3.63, 3.8) is 0 Å². The first-order chi connectivity index (χ1) is 8.56. The van der Waals surface area contributed by atoms with E-state index in [2.05, 4.69) is 31.0 Å². The van der Waals surface area contributed by atoms with Crippen molar-refractivity contribution < 1.29 is 4.74 Å². The highest BCUT2D eigenvalue weighted by molar-refractivity contribution is 7.80. The fourth-order valence-electron chi connectivity index (χ4n) is 2.60. The molecule has 4 heteroatoms. The molecule has 3 atom stereocenters. The van der Waals surface area contributed by atoms with Gasteiger partial charge in [-0.15, -0.1) is 0 Å². The molecule has 0 aromatic carbocycles. The summed E-state index contributed by atoms with van der Waals surface area (Å²) in [5, 5.41) is 4.27. The van der Waals surface area contributed by atoms with Crippen LogP contribution in [0.5, 0.6) is 0 Å². The molecule has 1 heterocycles. The first-order valence-corrected chi connectivity index (χ1v) is 7.59. The Labute approximate surface area is 117 Å². The number of piperidine rings is 1. The molecule has 1 fully saturated rings. The van der Waals surface area contributed by atoms with E-state index in [1.807, 2.05) is 6.92 Å². The minimum absolute atomic E-state index is 0.549. The Hall–Kier alpha value is -0.350. The fraction of sp³-hybridized carbons (Fsp3) is 0.929. The van der Waals surface area contributed by atoms with Crippen molar-refractivity contribution in [2.45, 2.75) is 46.6 Å². The molecule has 1 rings (SSSR count). The maximum atomic E-state index is 5.51. The average molecular weight is 272 g/mol. The minimum Gasteiger partial charge on any atom is -0.382 e. The summed E-state index contributed by atoms with van der Waals surface area (Å²) >= 11 is 5.51. The zero-order valence-electron chi connectivity index (χ0n) is 12.2. The maximum Gasteiger partial charge on any atom is 0.169 e. The van der Waals surface area contributed by atoms with Crippen LogP contribution in [0.3, 0.4) is 0 Å². The maximum absolute atomic E-state index is 5.51. The standard InChI is InChI=1S/C14H28N2OS/c1-5-17-8-6-7-15-14(18)16-10-11(2)9-12(3)13(16)4/h11-13H,5-10H2,1-4H3,(H,15,18). The van der Waals surface area contributed by atoms with Crippen molar-refractivity contribution in [3.8, 4) is 0 Å². The number of rotatable bonds is 5. The van der Waals surface area contributed by atoms with E-state index in [4.69, 9.17) is 17.0 Å². The van der Waals surface area contributed by atoms with Gasteiger partial charge in [-0.25, -0.2) is 0 Å². The van der Waals surface area contributed by atoms with Gasteiger partial charge in [-0.05, 0) is 50.7 Å². The fourth-order valence-corrected chi connectivity index (χ4v) is 2.94. The van der Waals surface area contributed by atoms with E-state index < -0.39 is 0 Å². The first-order valence-electron chi connectivity index (χ1n) is 7.18. The Morgan fingerprint density at radius 2 is 2.11 bits per heavy atom. The van der Waals surface area contributed by atoms with E-state index in [1.165, 1.54) is 6.42 Å². The summed E-state index contributed by atoms with van der Waals surface area (Å²) in [5.41, 5.74) is 0. The van der Waals surface area contributed by atoms with Gasteiger partial charge in [-0.2, -0.15) is 0 Å². The van der Waals surface area contributed by atoms with Crippen LogP contribution in [0, 0.1) is 11.8 Å². The van der Waals surface area contributed by atoms with Crippen LogP contribution in [0.25, 0.3) is 0 Å². The third-order valence-corrected chi connectivity index (χ3v) is 4.18.